The Morgan fingerprint density at radius 3 is 2.21 bits per heavy atom. The van der Waals surface area contributed by atoms with Gasteiger partial charge in [-0.25, -0.2) is 0 Å². The number of hydrogen-bond acceptors (Lipinski definition) is 2. The van der Waals surface area contributed by atoms with Crippen molar-refractivity contribution in [1.29, 1.82) is 0 Å². The van der Waals surface area contributed by atoms with Crippen LogP contribution in [0.4, 0.5) is 0 Å². The molecule has 19 heavy (non-hydrogen) atoms. The smallest absolute Gasteiger partial charge is 0.237 e. The molecule has 0 saturated carbocycles. The van der Waals surface area contributed by atoms with Crippen molar-refractivity contribution >= 4 is 5.91 Å². The predicted molar refractivity (Wildman–Crippen MR) is 83.4 cm³/mol. The summed E-state index contributed by atoms with van der Waals surface area (Å²) in [6, 6.07) is 0.214. The maximum Gasteiger partial charge on any atom is 0.237 e. The highest BCUT2D eigenvalue weighted by atomic mass is 16.2. The number of carbonyl (C=O) groups is 1. The number of nitrogens with one attached hydrogen (secondary N) is 2. The van der Waals surface area contributed by atoms with Crippen LogP contribution in [0.2, 0.25) is 0 Å². The van der Waals surface area contributed by atoms with Gasteiger partial charge in [0.05, 0.1) is 6.04 Å². The van der Waals surface area contributed by atoms with E-state index in [2.05, 4.69) is 31.4 Å². The van der Waals surface area contributed by atoms with Crippen molar-refractivity contribution < 1.29 is 4.79 Å². The number of unbranched alkanes of at least 4 members (excludes halogenated alkanes) is 5. The van der Waals surface area contributed by atoms with Gasteiger partial charge in [-0.05, 0) is 33.2 Å². The normalized spacial score (nSPS) is 14.1. The van der Waals surface area contributed by atoms with Crippen molar-refractivity contribution in [3.63, 3.8) is 0 Å². The van der Waals surface area contributed by atoms with E-state index < -0.39 is 0 Å². The first-order valence-electron chi connectivity index (χ1n) is 8.15. The highest BCUT2D eigenvalue weighted by Gasteiger charge is 2.13. The number of rotatable bonds is 12. The third-order valence-corrected chi connectivity index (χ3v) is 3.48. The zero-order chi connectivity index (χ0) is 14.5. The molecule has 0 radical (unpaired) electrons. The number of hydrogen-bond donors (Lipinski definition) is 2. The summed E-state index contributed by atoms with van der Waals surface area (Å²) in [6.07, 6.45) is 9.92. The molecule has 0 heterocycles. The quantitative estimate of drug-likeness (QED) is 0.532. The van der Waals surface area contributed by atoms with Crippen LogP contribution in [0.5, 0.6) is 0 Å². The molecule has 1 amide bonds. The first kappa shape index (κ1) is 18.4. The van der Waals surface area contributed by atoms with E-state index in [-0.39, 0.29) is 18.0 Å². The second-order valence-corrected chi connectivity index (χ2v) is 5.64. The predicted octanol–water partition coefficient (Wildman–Crippen LogP) is 3.63. The van der Waals surface area contributed by atoms with Gasteiger partial charge in [-0.3, -0.25) is 4.79 Å². The minimum absolute atomic E-state index is 0.0741. The van der Waals surface area contributed by atoms with Crippen molar-refractivity contribution in [2.24, 2.45) is 0 Å². The molecule has 0 aliphatic carbocycles. The van der Waals surface area contributed by atoms with Crippen molar-refractivity contribution in [1.82, 2.24) is 10.6 Å². The molecule has 0 aliphatic rings. The van der Waals surface area contributed by atoms with Crippen LogP contribution < -0.4 is 10.6 Å². The summed E-state index contributed by atoms with van der Waals surface area (Å²) in [6.45, 7) is 9.35. The molecule has 0 rings (SSSR count). The lowest BCUT2D eigenvalue weighted by Gasteiger charge is -2.18. The van der Waals surface area contributed by atoms with Gasteiger partial charge < -0.3 is 10.6 Å². The molecule has 0 aromatic heterocycles. The molecule has 0 aromatic rings. The van der Waals surface area contributed by atoms with Gasteiger partial charge in [0.2, 0.25) is 5.91 Å². The molecule has 0 bridgehead atoms. The fraction of sp³-hybridized carbons (Fsp3) is 0.938. The molecule has 0 aliphatic heterocycles. The molecule has 114 valence electrons. The van der Waals surface area contributed by atoms with E-state index in [1.54, 1.807) is 0 Å². The van der Waals surface area contributed by atoms with Crippen LogP contribution in [0.15, 0.2) is 0 Å². The standard InChI is InChI=1S/C16H34N2O/c1-5-7-8-9-10-11-13-17-15(4)16(19)18-14(3)12-6-2/h14-15,17H,5-13H2,1-4H3,(H,18,19). The third kappa shape index (κ3) is 11.0. The van der Waals surface area contributed by atoms with E-state index >= 15 is 0 Å². The van der Waals surface area contributed by atoms with E-state index in [1.165, 1.54) is 38.5 Å². The fourth-order valence-electron chi connectivity index (χ4n) is 2.19. The summed E-state index contributed by atoms with van der Waals surface area (Å²) in [5.74, 6) is 0.131. The maximum absolute atomic E-state index is 11.9. The second-order valence-electron chi connectivity index (χ2n) is 5.64. The topological polar surface area (TPSA) is 41.1 Å². The Hall–Kier alpha value is -0.570. The molecule has 0 aromatic carbocycles. The Balaban J connectivity index is 3.51. The largest absolute Gasteiger partial charge is 0.352 e. The summed E-state index contributed by atoms with van der Waals surface area (Å²) in [4.78, 5) is 11.9. The monoisotopic (exact) mass is 270 g/mol. The average Bonchev–Trinajstić information content (AvgIpc) is 2.37. The SMILES string of the molecule is CCCCCCCCNC(C)C(=O)NC(C)CCC. The van der Waals surface area contributed by atoms with E-state index in [4.69, 9.17) is 0 Å². The van der Waals surface area contributed by atoms with Crippen molar-refractivity contribution in [2.45, 2.75) is 91.1 Å². The number of amides is 1. The average molecular weight is 270 g/mol. The van der Waals surface area contributed by atoms with Gasteiger partial charge in [-0.2, -0.15) is 0 Å². The lowest BCUT2D eigenvalue weighted by molar-refractivity contribution is -0.123. The molecule has 2 N–H and O–H groups in total. The molecule has 0 spiro atoms. The highest BCUT2D eigenvalue weighted by Crippen LogP contribution is 2.04. The van der Waals surface area contributed by atoms with Gasteiger partial charge in [-0.15, -0.1) is 0 Å². The van der Waals surface area contributed by atoms with Gasteiger partial charge in [-0.1, -0.05) is 52.4 Å². The molecular weight excluding hydrogens is 236 g/mol. The third-order valence-electron chi connectivity index (χ3n) is 3.48. The second kappa shape index (κ2) is 12.5. The first-order chi connectivity index (χ1) is 9.11. The summed E-state index contributed by atoms with van der Waals surface area (Å²) >= 11 is 0. The van der Waals surface area contributed by atoms with Crippen molar-refractivity contribution in [3.8, 4) is 0 Å². The van der Waals surface area contributed by atoms with Gasteiger partial charge in [0, 0.05) is 6.04 Å². The van der Waals surface area contributed by atoms with Crippen molar-refractivity contribution in [3.05, 3.63) is 0 Å². The lowest BCUT2D eigenvalue weighted by atomic mass is 10.1. The van der Waals surface area contributed by atoms with Crippen LogP contribution in [-0.2, 0) is 4.79 Å². The van der Waals surface area contributed by atoms with Crippen LogP contribution >= 0.6 is 0 Å². The molecule has 3 heteroatoms. The van der Waals surface area contributed by atoms with E-state index in [0.717, 1.165) is 19.4 Å². The zero-order valence-corrected chi connectivity index (χ0v) is 13.4. The minimum Gasteiger partial charge on any atom is -0.352 e. The Labute approximate surface area is 119 Å². The molecule has 2 atom stereocenters. The fourth-order valence-corrected chi connectivity index (χ4v) is 2.19. The lowest BCUT2D eigenvalue weighted by Crippen LogP contribution is -2.45. The van der Waals surface area contributed by atoms with E-state index in [9.17, 15) is 4.79 Å². The Morgan fingerprint density at radius 2 is 1.58 bits per heavy atom. The van der Waals surface area contributed by atoms with Gasteiger partial charge in [0.25, 0.3) is 0 Å². The Morgan fingerprint density at radius 1 is 0.947 bits per heavy atom. The van der Waals surface area contributed by atoms with E-state index in [0.29, 0.717) is 0 Å². The van der Waals surface area contributed by atoms with Gasteiger partial charge in [0.1, 0.15) is 0 Å². The summed E-state index contributed by atoms with van der Waals surface area (Å²) in [5.41, 5.74) is 0. The summed E-state index contributed by atoms with van der Waals surface area (Å²) in [7, 11) is 0. The number of carbonyl (C=O) groups excluding carboxylic acids is 1. The zero-order valence-electron chi connectivity index (χ0n) is 13.4. The molecule has 0 fully saturated rings. The van der Waals surface area contributed by atoms with Crippen LogP contribution in [0.25, 0.3) is 0 Å². The molecule has 3 nitrogen and oxygen atoms in total. The van der Waals surface area contributed by atoms with E-state index in [1.807, 2.05) is 6.92 Å². The molecular formula is C16H34N2O. The maximum atomic E-state index is 11.9. The van der Waals surface area contributed by atoms with Crippen LogP contribution in [0.3, 0.4) is 0 Å². The van der Waals surface area contributed by atoms with Gasteiger partial charge in [0.15, 0.2) is 0 Å². The molecule has 2 unspecified atom stereocenters. The molecule has 0 saturated heterocycles. The highest BCUT2D eigenvalue weighted by molar-refractivity contribution is 5.81. The van der Waals surface area contributed by atoms with Crippen molar-refractivity contribution in [2.75, 3.05) is 6.54 Å². The Kier molecular flexibility index (Phi) is 12.1. The van der Waals surface area contributed by atoms with Crippen LogP contribution in [0.1, 0.15) is 79.1 Å². The minimum atomic E-state index is -0.0741. The van der Waals surface area contributed by atoms with Crippen LogP contribution in [0, 0.1) is 0 Å². The van der Waals surface area contributed by atoms with Crippen LogP contribution in [-0.4, -0.2) is 24.5 Å². The summed E-state index contributed by atoms with van der Waals surface area (Å²) < 4.78 is 0. The summed E-state index contributed by atoms with van der Waals surface area (Å²) in [5, 5.41) is 6.36. The Bertz CT molecular complexity index is 219. The first-order valence-corrected chi connectivity index (χ1v) is 8.15. The van der Waals surface area contributed by atoms with Gasteiger partial charge >= 0.3 is 0 Å².